The summed E-state index contributed by atoms with van der Waals surface area (Å²) in [5.41, 5.74) is 1.97. The minimum absolute atomic E-state index is 0.146. The topological polar surface area (TPSA) is 89.4 Å². The molecule has 8 nitrogen and oxygen atoms in total. The molecule has 1 saturated heterocycles. The van der Waals surface area contributed by atoms with E-state index in [9.17, 15) is 9.59 Å². The van der Waals surface area contributed by atoms with Gasteiger partial charge in [0.1, 0.15) is 5.82 Å². The van der Waals surface area contributed by atoms with Gasteiger partial charge in [0.25, 0.3) is 0 Å². The van der Waals surface area contributed by atoms with Gasteiger partial charge in [0, 0.05) is 38.3 Å². The van der Waals surface area contributed by atoms with Crippen molar-refractivity contribution in [2.24, 2.45) is 0 Å². The van der Waals surface area contributed by atoms with Crippen molar-refractivity contribution in [2.75, 3.05) is 26.7 Å². The molecule has 3 heterocycles. The highest BCUT2D eigenvalue weighted by Gasteiger charge is 2.30. The van der Waals surface area contributed by atoms with Crippen LogP contribution in [0, 0.1) is 0 Å². The minimum Gasteiger partial charge on any atom is -0.469 e. The van der Waals surface area contributed by atoms with Crippen molar-refractivity contribution in [3.8, 4) is 0 Å². The largest absolute Gasteiger partial charge is 0.469 e. The van der Waals surface area contributed by atoms with Crippen LogP contribution in [0.1, 0.15) is 31.5 Å². The van der Waals surface area contributed by atoms with Gasteiger partial charge in [-0.05, 0) is 19.4 Å². The van der Waals surface area contributed by atoms with E-state index in [0.717, 1.165) is 29.8 Å². The van der Waals surface area contributed by atoms with E-state index in [4.69, 9.17) is 4.98 Å². The molecule has 25 heavy (non-hydrogen) atoms. The molecule has 3 rings (SSSR count). The fourth-order valence-corrected chi connectivity index (χ4v) is 3.27. The molecule has 2 amide bonds. The van der Waals surface area contributed by atoms with Crippen LogP contribution >= 0.6 is 0 Å². The van der Waals surface area contributed by atoms with Gasteiger partial charge in [0.2, 0.25) is 0 Å². The number of methoxy groups -OCH3 is 1. The Hall–Kier alpha value is -2.64. The second-order valence-electron chi connectivity index (χ2n) is 6.07. The van der Waals surface area contributed by atoms with Gasteiger partial charge in [-0.25, -0.2) is 9.78 Å². The summed E-state index contributed by atoms with van der Waals surface area (Å²) in [5, 5.41) is 2.77. The van der Waals surface area contributed by atoms with Crippen LogP contribution < -0.4 is 5.32 Å². The van der Waals surface area contributed by atoms with Crippen LogP contribution in [-0.4, -0.2) is 58.2 Å². The number of carbonyl (C=O) groups is 2. The smallest absolute Gasteiger partial charge is 0.317 e. The molecule has 8 heteroatoms. The first-order valence-corrected chi connectivity index (χ1v) is 8.53. The summed E-state index contributed by atoms with van der Waals surface area (Å²) in [4.78, 5) is 34.1. The third kappa shape index (κ3) is 3.57. The van der Waals surface area contributed by atoms with Gasteiger partial charge in [0.05, 0.1) is 30.8 Å². The van der Waals surface area contributed by atoms with Crippen LogP contribution in [0.3, 0.4) is 0 Å². The number of aromatic nitrogens is 3. The zero-order valence-electron chi connectivity index (χ0n) is 14.6. The number of hydrogen-bond donors (Lipinski definition) is 1. The van der Waals surface area contributed by atoms with Gasteiger partial charge in [-0.1, -0.05) is 0 Å². The lowest BCUT2D eigenvalue weighted by atomic mass is 10.1. The Morgan fingerprint density at radius 2 is 2.28 bits per heavy atom. The fraction of sp³-hybridized carbons (Fsp3) is 0.529. The van der Waals surface area contributed by atoms with Crippen molar-refractivity contribution in [1.82, 2.24) is 24.8 Å². The van der Waals surface area contributed by atoms with Gasteiger partial charge >= 0.3 is 12.0 Å². The Labute approximate surface area is 146 Å². The number of hydrogen-bond acceptors (Lipinski definition) is 5. The summed E-state index contributed by atoms with van der Waals surface area (Å²) in [6.07, 6.45) is 4.63. The molecular formula is C17H23N5O3. The maximum absolute atomic E-state index is 12.2. The average molecular weight is 345 g/mol. The van der Waals surface area contributed by atoms with E-state index in [-0.39, 0.29) is 30.9 Å². The Kier molecular flexibility index (Phi) is 5.16. The molecular weight excluding hydrogens is 322 g/mol. The standard InChI is InChI=1S/C17H23N5O3/c1-3-22-14-10-18-7-4-13(14)20-16(22)12-6-9-21(11-12)17(24)19-8-5-15(23)25-2/h4,7,10,12H,3,5-6,8-9,11H2,1-2H3,(H,19,24)/t12-/m1/s1. The summed E-state index contributed by atoms with van der Waals surface area (Å²) in [6.45, 7) is 4.50. The van der Waals surface area contributed by atoms with Crippen LogP contribution in [0.25, 0.3) is 11.0 Å². The Bertz CT molecular complexity index is 773. The van der Waals surface area contributed by atoms with E-state index in [2.05, 4.69) is 26.5 Å². The van der Waals surface area contributed by atoms with Gasteiger partial charge in [-0.3, -0.25) is 9.78 Å². The number of likely N-dealkylation sites (tertiary alicyclic amines) is 1. The van der Waals surface area contributed by atoms with Crippen LogP contribution in [-0.2, 0) is 16.1 Å². The zero-order valence-corrected chi connectivity index (χ0v) is 14.6. The summed E-state index contributed by atoms with van der Waals surface area (Å²) in [5.74, 6) is 0.888. The number of carbonyl (C=O) groups excluding carboxylic acids is 2. The summed E-state index contributed by atoms with van der Waals surface area (Å²) in [6, 6.07) is 1.77. The molecule has 0 aromatic carbocycles. The van der Waals surface area contributed by atoms with E-state index in [1.807, 2.05) is 12.3 Å². The van der Waals surface area contributed by atoms with E-state index in [1.54, 1.807) is 11.1 Å². The maximum atomic E-state index is 12.2. The molecule has 0 radical (unpaired) electrons. The van der Waals surface area contributed by atoms with Crippen molar-refractivity contribution in [1.29, 1.82) is 0 Å². The van der Waals surface area contributed by atoms with Crippen molar-refractivity contribution in [3.63, 3.8) is 0 Å². The number of esters is 1. The van der Waals surface area contributed by atoms with E-state index in [0.29, 0.717) is 13.1 Å². The lowest BCUT2D eigenvalue weighted by Crippen LogP contribution is -2.39. The minimum atomic E-state index is -0.329. The molecule has 2 aromatic rings. The number of nitrogens with zero attached hydrogens (tertiary/aromatic N) is 4. The van der Waals surface area contributed by atoms with Crippen molar-refractivity contribution in [2.45, 2.75) is 32.2 Å². The Morgan fingerprint density at radius 3 is 3.04 bits per heavy atom. The van der Waals surface area contributed by atoms with Crippen LogP contribution in [0.5, 0.6) is 0 Å². The highest BCUT2D eigenvalue weighted by atomic mass is 16.5. The molecule has 2 aromatic heterocycles. The van der Waals surface area contributed by atoms with Crippen LogP contribution in [0.4, 0.5) is 4.79 Å². The fourth-order valence-electron chi connectivity index (χ4n) is 3.27. The monoisotopic (exact) mass is 345 g/mol. The lowest BCUT2D eigenvalue weighted by molar-refractivity contribution is -0.140. The average Bonchev–Trinajstić information content (AvgIpc) is 3.25. The molecule has 0 bridgehead atoms. The molecule has 0 unspecified atom stereocenters. The van der Waals surface area contributed by atoms with Crippen LogP contribution in [0.2, 0.25) is 0 Å². The Balaban J connectivity index is 1.65. The molecule has 1 N–H and O–H groups in total. The quantitative estimate of drug-likeness (QED) is 0.830. The van der Waals surface area contributed by atoms with E-state index < -0.39 is 0 Å². The highest BCUT2D eigenvalue weighted by molar-refractivity contribution is 5.76. The van der Waals surface area contributed by atoms with Crippen LogP contribution in [0.15, 0.2) is 18.5 Å². The second-order valence-corrected chi connectivity index (χ2v) is 6.07. The number of ether oxygens (including phenoxy) is 1. The molecule has 1 aliphatic heterocycles. The number of fused-ring (bicyclic) bond motifs is 1. The third-order valence-corrected chi connectivity index (χ3v) is 4.57. The van der Waals surface area contributed by atoms with Crippen molar-refractivity contribution >= 4 is 23.0 Å². The van der Waals surface area contributed by atoms with Gasteiger partial charge in [-0.2, -0.15) is 0 Å². The predicted octanol–water partition coefficient (Wildman–Crippen LogP) is 1.51. The predicted molar refractivity (Wildman–Crippen MR) is 92.2 cm³/mol. The zero-order chi connectivity index (χ0) is 17.8. The second kappa shape index (κ2) is 7.50. The first kappa shape index (κ1) is 17.2. The molecule has 0 aliphatic carbocycles. The molecule has 1 fully saturated rings. The number of pyridine rings is 1. The van der Waals surface area contributed by atoms with E-state index in [1.165, 1.54) is 7.11 Å². The molecule has 134 valence electrons. The lowest BCUT2D eigenvalue weighted by Gasteiger charge is -2.17. The summed E-state index contributed by atoms with van der Waals surface area (Å²) in [7, 11) is 1.34. The first-order valence-electron chi connectivity index (χ1n) is 8.53. The van der Waals surface area contributed by atoms with E-state index >= 15 is 0 Å². The number of imidazole rings is 1. The van der Waals surface area contributed by atoms with Gasteiger partial charge < -0.3 is 19.5 Å². The molecule has 1 atom stereocenters. The SMILES string of the molecule is CCn1c([C@@H]2CCN(C(=O)NCCC(=O)OC)C2)nc2ccncc21. The molecule has 0 spiro atoms. The number of urea groups is 1. The molecule has 0 saturated carbocycles. The third-order valence-electron chi connectivity index (χ3n) is 4.57. The van der Waals surface area contributed by atoms with Crippen molar-refractivity contribution < 1.29 is 14.3 Å². The highest BCUT2D eigenvalue weighted by Crippen LogP contribution is 2.29. The summed E-state index contributed by atoms with van der Waals surface area (Å²) >= 11 is 0. The number of aryl methyl sites for hydroxylation is 1. The van der Waals surface area contributed by atoms with Crippen molar-refractivity contribution in [3.05, 3.63) is 24.3 Å². The number of rotatable bonds is 5. The maximum Gasteiger partial charge on any atom is 0.317 e. The Morgan fingerprint density at radius 1 is 1.44 bits per heavy atom. The first-order chi connectivity index (χ1) is 12.1. The number of amides is 2. The normalized spacial score (nSPS) is 17.0. The van der Waals surface area contributed by atoms with Gasteiger partial charge in [-0.15, -0.1) is 0 Å². The number of nitrogens with one attached hydrogen (secondary N) is 1. The van der Waals surface area contributed by atoms with Gasteiger partial charge in [0.15, 0.2) is 0 Å². The molecule has 1 aliphatic rings. The summed E-state index contributed by atoms with van der Waals surface area (Å²) < 4.78 is 6.74.